The average Bonchev–Trinajstić information content (AvgIpc) is 2.81. The van der Waals surface area contributed by atoms with Gasteiger partial charge in [-0.05, 0) is 43.7 Å². The lowest BCUT2D eigenvalue weighted by Crippen LogP contribution is -2.34. The topological polar surface area (TPSA) is 49.4 Å². The van der Waals surface area contributed by atoms with Crippen molar-refractivity contribution in [3.63, 3.8) is 0 Å². The summed E-state index contributed by atoms with van der Waals surface area (Å²) in [6.45, 7) is 3.88. The molecule has 122 valence electrons. The van der Waals surface area contributed by atoms with Gasteiger partial charge < -0.3 is 10.2 Å². The Bertz CT molecular complexity index is 739. The molecule has 0 radical (unpaired) electrons. The molecule has 0 atom stereocenters. The standard InChI is InChI=1S/C16H16Cl2N2O2S/c1-9-6-14(23-10(9)2)16(22)20(3)8-15(21)19-11-4-5-12(17)13(18)7-11/h4-7H,8H2,1-3H3,(H,19,21). The van der Waals surface area contributed by atoms with Gasteiger partial charge in [0.05, 0.1) is 21.5 Å². The van der Waals surface area contributed by atoms with Crippen LogP contribution in [-0.2, 0) is 4.79 Å². The second kappa shape index (κ2) is 7.34. The number of hydrogen-bond acceptors (Lipinski definition) is 3. The molecule has 1 heterocycles. The molecule has 0 spiro atoms. The molecule has 0 saturated carbocycles. The van der Waals surface area contributed by atoms with Crippen molar-refractivity contribution in [1.82, 2.24) is 4.90 Å². The first-order chi connectivity index (χ1) is 10.8. The van der Waals surface area contributed by atoms with Crippen molar-refractivity contribution in [3.8, 4) is 0 Å². The Morgan fingerprint density at radius 3 is 2.43 bits per heavy atom. The number of carbonyl (C=O) groups is 2. The zero-order chi connectivity index (χ0) is 17.1. The van der Waals surface area contributed by atoms with Crippen LogP contribution in [0.1, 0.15) is 20.1 Å². The largest absolute Gasteiger partial charge is 0.332 e. The third kappa shape index (κ3) is 4.47. The van der Waals surface area contributed by atoms with E-state index in [0.29, 0.717) is 20.6 Å². The predicted molar refractivity (Wildman–Crippen MR) is 95.8 cm³/mol. The van der Waals surface area contributed by atoms with Gasteiger partial charge in [0.15, 0.2) is 0 Å². The Labute approximate surface area is 149 Å². The van der Waals surface area contributed by atoms with E-state index in [1.165, 1.54) is 16.2 Å². The molecule has 0 bridgehead atoms. The molecule has 1 aromatic carbocycles. The van der Waals surface area contributed by atoms with Crippen LogP contribution in [0.3, 0.4) is 0 Å². The van der Waals surface area contributed by atoms with Gasteiger partial charge in [-0.25, -0.2) is 0 Å². The molecule has 2 amide bonds. The molecule has 4 nitrogen and oxygen atoms in total. The van der Waals surface area contributed by atoms with Crippen molar-refractivity contribution in [3.05, 3.63) is 49.6 Å². The zero-order valence-electron chi connectivity index (χ0n) is 12.9. The Kier molecular flexibility index (Phi) is 5.68. The highest BCUT2D eigenvalue weighted by molar-refractivity contribution is 7.14. The molecule has 0 saturated heterocycles. The normalized spacial score (nSPS) is 10.5. The first-order valence-electron chi connectivity index (χ1n) is 6.85. The molecule has 0 fully saturated rings. The van der Waals surface area contributed by atoms with Crippen molar-refractivity contribution < 1.29 is 9.59 Å². The van der Waals surface area contributed by atoms with Crippen LogP contribution < -0.4 is 5.32 Å². The predicted octanol–water partition coefficient (Wildman–Crippen LogP) is 4.38. The highest BCUT2D eigenvalue weighted by Gasteiger charge is 2.17. The average molecular weight is 371 g/mol. The molecule has 2 rings (SSSR count). The molecule has 7 heteroatoms. The van der Waals surface area contributed by atoms with Gasteiger partial charge in [0.2, 0.25) is 5.91 Å². The monoisotopic (exact) mass is 370 g/mol. The summed E-state index contributed by atoms with van der Waals surface area (Å²) in [5.41, 5.74) is 1.61. The Morgan fingerprint density at radius 1 is 1.17 bits per heavy atom. The Balaban J connectivity index is 1.98. The number of benzene rings is 1. The quantitative estimate of drug-likeness (QED) is 0.867. The second-order valence-corrected chi connectivity index (χ2v) is 7.26. The molecule has 1 N–H and O–H groups in total. The van der Waals surface area contributed by atoms with Gasteiger partial charge in [-0.3, -0.25) is 9.59 Å². The summed E-state index contributed by atoms with van der Waals surface area (Å²) >= 11 is 13.2. The number of anilines is 1. The van der Waals surface area contributed by atoms with E-state index in [-0.39, 0.29) is 18.4 Å². The lowest BCUT2D eigenvalue weighted by Gasteiger charge is -2.16. The van der Waals surface area contributed by atoms with Crippen LogP contribution in [-0.4, -0.2) is 30.3 Å². The smallest absolute Gasteiger partial charge is 0.264 e. The molecule has 2 aromatic rings. The number of nitrogens with one attached hydrogen (secondary N) is 1. The highest BCUT2D eigenvalue weighted by Crippen LogP contribution is 2.25. The number of rotatable bonds is 4. The summed E-state index contributed by atoms with van der Waals surface area (Å²) in [6.07, 6.45) is 0. The number of amides is 2. The first-order valence-corrected chi connectivity index (χ1v) is 8.42. The van der Waals surface area contributed by atoms with Crippen molar-refractivity contribution in [2.75, 3.05) is 18.9 Å². The van der Waals surface area contributed by atoms with E-state index in [0.717, 1.165) is 10.4 Å². The number of aryl methyl sites for hydroxylation is 2. The van der Waals surface area contributed by atoms with Gasteiger partial charge >= 0.3 is 0 Å². The van der Waals surface area contributed by atoms with Crippen molar-refractivity contribution in [1.29, 1.82) is 0 Å². The fourth-order valence-corrected chi connectivity index (χ4v) is 3.26. The summed E-state index contributed by atoms with van der Waals surface area (Å²) in [5, 5.41) is 3.47. The van der Waals surface area contributed by atoms with Crippen LogP contribution in [0.15, 0.2) is 24.3 Å². The van der Waals surface area contributed by atoms with Crippen LogP contribution in [0, 0.1) is 13.8 Å². The third-order valence-corrected chi connectivity index (χ3v) is 5.19. The van der Waals surface area contributed by atoms with Gasteiger partial charge in [0.1, 0.15) is 0 Å². The number of hydrogen-bond donors (Lipinski definition) is 1. The minimum Gasteiger partial charge on any atom is -0.332 e. The molecule has 0 aliphatic carbocycles. The van der Waals surface area contributed by atoms with Crippen LogP contribution in [0.4, 0.5) is 5.69 Å². The summed E-state index contributed by atoms with van der Waals surface area (Å²) in [4.78, 5) is 27.5. The highest BCUT2D eigenvalue weighted by atomic mass is 35.5. The van der Waals surface area contributed by atoms with Crippen molar-refractivity contribution in [2.45, 2.75) is 13.8 Å². The van der Waals surface area contributed by atoms with E-state index in [1.807, 2.05) is 19.9 Å². The summed E-state index contributed by atoms with van der Waals surface area (Å²) in [5.74, 6) is -0.472. The number of halogens is 2. The maximum Gasteiger partial charge on any atom is 0.264 e. The van der Waals surface area contributed by atoms with Crippen molar-refractivity contribution in [2.24, 2.45) is 0 Å². The fraction of sp³-hybridized carbons (Fsp3) is 0.250. The van der Waals surface area contributed by atoms with E-state index in [9.17, 15) is 9.59 Å². The SMILES string of the molecule is Cc1cc(C(=O)N(C)CC(=O)Nc2ccc(Cl)c(Cl)c2)sc1C. The van der Waals surface area contributed by atoms with Crippen LogP contribution in [0.25, 0.3) is 0 Å². The van der Waals surface area contributed by atoms with E-state index >= 15 is 0 Å². The third-order valence-electron chi connectivity index (χ3n) is 3.31. The van der Waals surface area contributed by atoms with Gasteiger partial charge in [0.25, 0.3) is 5.91 Å². The van der Waals surface area contributed by atoms with Crippen LogP contribution in [0.2, 0.25) is 10.0 Å². The molecule has 1 aromatic heterocycles. The van der Waals surface area contributed by atoms with Gasteiger partial charge in [0, 0.05) is 17.6 Å². The number of nitrogens with zero attached hydrogens (tertiary/aromatic N) is 1. The molecule has 23 heavy (non-hydrogen) atoms. The van der Waals surface area contributed by atoms with Crippen LogP contribution >= 0.6 is 34.5 Å². The first kappa shape index (κ1) is 17.8. The van der Waals surface area contributed by atoms with Gasteiger partial charge in [-0.2, -0.15) is 0 Å². The second-order valence-electron chi connectivity index (χ2n) is 5.19. The molecule has 0 aliphatic rings. The maximum absolute atomic E-state index is 12.3. The van der Waals surface area contributed by atoms with Gasteiger partial charge in [-0.15, -0.1) is 11.3 Å². The maximum atomic E-state index is 12.3. The van der Waals surface area contributed by atoms with Crippen LogP contribution in [0.5, 0.6) is 0 Å². The summed E-state index contributed by atoms with van der Waals surface area (Å²) < 4.78 is 0. The summed E-state index contributed by atoms with van der Waals surface area (Å²) in [7, 11) is 1.60. The minimum atomic E-state index is -0.302. The minimum absolute atomic E-state index is 0.0466. The lowest BCUT2D eigenvalue weighted by molar-refractivity contribution is -0.116. The van der Waals surface area contributed by atoms with Gasteiger partial charge in [-0.1, -0.05) is 23.2 Å². The number of thiophene rings is 1. The van der Waals surface area contributed by atoms with E-state index in [2.05, 4.69) is 5.32 Å². The van der Waals surface area contributed by atoms with E-state index < -0.39 is 0 Å². The van der Waals surface area contributed by atoms with E-state index in [4.69, 9.17) is 23.2 Å². The lowest BCUT2D eigenvalue weighted by atomic mass is 10.2. The Morgan fingerprint density at radius 2 is 1.87 bits per heavy atom. The fourth-order valence-electron chi connectivity index (χ4n) is 1.93. The number of likely N-dealkylation sites (N-methyl/N-ethyl adjacent to an activating group) is 1. The molecular weight excluding hydrogens is 355 g/mol. The molecule has 0 aliphatic heterocycles. The molecule has 0 unspecified atom stereocenters. The van der Waals surface area contributed by atoms with Crippen molar-refractivity contribution >= 4 is 52.0 Å². The zero-order valence-corrected chi connectivity index (χ0v) is 15.3. The Hall–Kier alpha value is -1.56. The van der Waals surface area contributed by atoms with E-state index in [1.54, 1.807) is 25.2 Å². The summed E-state index contributed by atoms with van der Waals surface area (Å²) in [6, 6.07) is 6.66. The number of carbonyl (C=O) groups excluding carboxylic acids is 2. The molecular formula is C16H16Cl2N2O2S.